The van der Waals surface area contributed by atoms with Gasteiger partial charge in [0.05, 0.1) is 0 Å². The second-order valence-electron chi connectivity index (χ2n) is 3.69. The van der Waals surface area contributed by atoms with Crippen molar-refractivity contribution in [3.63, 3.8) is 0 Å². The summed E-state index contributed by atoms with van der Waals surface area (Å²) in [5.41, 5.74) is 1.11. The minimum atomic E-state index is -0.0700. The molecule has 0 spiro atoms. The van der Waals surface area contributed by atoms with Gasteiger partial charge in [-0.05, 0) is 6.07 Å². The number of nitrogens with zero attached hydrogens (tertiary/aromatic N) is 1. The molecule has 4 heteroatoms. The minimum absolute atomic E-state index is 0.0700. The van der Waals surface area contributed by atoms with Crippen molar-refractivity contribution >= 4 is 5.91 Å². The Hall–Kier alpha value is -1.29. The molecule has 14 heavy (non-hydrogen) atoms. The molecule has 1 aromatic rings. The van der Waals surface area contributed by atoms with Crippen molar-refractivity contribution in [3.05, 3.63) is 23.2 Å². The van der Waals surface area contributed by atoms with Crippen LogP contribution in [-0.2, 0) is 13.0 Å². The molecule has 0 aliphatic carbocycles. The van der Waals surface area contributed by atoms with Gasteiger partial charge in [-0.15, -0.1) is 0 Å². The van der Waals surface area contributed by atoms with Gasteiger partial charge in [-0.1, -0.05) is 0 Å². The van der Waals surface area contributed by atoms with Crippen LogP contribution in [0.5, 0.6) is 0 Å². The summed E-state index contributed by atoms with van der Waals surface area (Å²) in [5.74, 6) is 1.33. The highest BCUT2D eigenvalue weighted by Gasteiger charge is 2.19. The number of carbonyl (C=O) groups excluding carboxylic acids is 1. The molecule has 0 saturated carbocycles. The van der Waals surface area contributed by atoms with E-state index in [-0.39, 0.29) is 5.91 Å². The molecule has 1 N–H and O–H groups in total. The van der Waals surface area contributed by atoms with E-state index in [4.69, 9.17) is 4.42 Å². The summed E-state index contributed by atoms with van der Waals surface area (Å²) in [6.07, 6.45) is 0.871. The number of fused-ring (bicyclic) bond motifs is 1. The molecule has 0 fully saturated rings. The van der Waals surface area contributed by atoms with Crippen LogP contribution >= 0.6 is 0 Å². The summed E-state index contributed by atoms with van der Waals surface area (Å²) in [6.45, 7) is 1.73. The number of hydrogen-bond donors (Lipinski definition) is 1. The largest absolute Gasteiger partial charge is 0.456 e. The van der Waals surface area contributed by atoms with Crippen LogP contribution in [-0.4, -0.2) is 31.4 Å². The highest BCUT2D eigenvalue weighted by Crippen LogP contribution is 2.19. The Kier molecular flexibility index (Phi) is 2.29. The standard InChI is InChI=1S/C10H14N2O2/c1-12(2)10(13)9-5-7-6-11-4-3-8(7)14-9/h5,11H,3-4,6H2,1-2H3. The van der Waals surface area contributed by atoms with Crippen LogP contribution in [0.25, 0.3) is 0 Å². The van der Waals surface area contributed by atoms with Crippen molar-refractivity contribution in [2.75, 3.05) is 20.6 Å². The molecule has 0 bridgehead atoms. The first kappa shape index (κ1) is 9.27. The average molecular weight is 194 g/mol. The molecule has 1 aliphatic heterocycles. The molecule has 4 nitrogen and oxygen atoms in total. The maximum absolute atomic E-state index is 11.6. The van der Waals surface area contributed by atoms with Crippen molar-refractivity contribution in [2.45, 2.75) is 13.0 Å². The highest BCUT2D eigenvalue weighted by atomic mass is 16.4. The summed E-state index contributed by atoms with van der Waals surface area (Å²) in [6, 6.07) is 1.84. The maximum atomic E-state index is 11.6. The number of hydrogen-bond acceptors (Lipinski definition) is 3. The Morgan fingerprint density at radius 2 is 2.36 bits per heavy atom. The molecule has 0 saturated heterocycles. The van der Waals surface area contributed by atoms with Gasteiger partial charge < -0.3 is 14.6 Å². The lowest BCUT2D eigenvalue weighted by molar-refractivity contribution is 0.0795. The Labute approximate surface area is 82.9 Å². The number of rotatable bonds is 1. The minimum Gasteiger partial charge on any atom is -0.456 e. The first-order chi connectivity index (χ1) is 6.68. The predicted octanol–water partition coefficient (Wildman–Crippen LogP) is 0.627. The molecule has 1 aliphatic rings. The van der Waals surface area contributed by atoms with E-state index in [0.717, 1.165) is 30.8 Å². The second kappa shape index (κ2) is 3.46. The summed E-state index contributed by atoms with van der Waals surface area (Å²) in [7, 11) is 3.45. The first-order valence-electron chi connectivity index (χ1n) is 4.72. The number of furan rings is 1. The van der Waals surface area contributed by atoms with Crippen molar-refractivity contribution in [3.8, 4) is 0 Å². The average Bonchev–Trinajstić information content (AvgIpc) is 2.59. The zero-order valence-corrected chi connectivity index (χ0v) is 8.46. The molecule has 0 aromatic carbocycles. The molecule has 2 rings (SSSR count). The zero-order valence-electron chi connectivity index (χ0n) is 8.46. The van der Waals surface area contributed by atoms with Gasteiger partial charge >= 0.3 is 0 Å². The van der Waals surface area contributed by atoms with Crippen LogP contribution in [0.4, 0.5) is 0 Å². The molecular formula is C10H14N2O2. The second-order valence-corrected chi connectivity index (χ2v) is 3.69. The van der Waals surface area contributed by atoms with E-state index in [9.17, 15) is 4.79 Å². The zero-order chi connectivity index (χ0) is 10.1. The quantitative estimate of drug-likeness (QED) is 0.713. The first-order valence-corrected chi connectivity index (χ1v) is 4.72. The van der Waals surface area contributed by atoms with Crippen LogP contribution in [0.15, 0.2) is 10.5 Å². The lowest BCUT2D eigenvalue weighted by atomic mass is 10.1. The van der Waals surface area contributed by atoms with E-state index in [2.05, 4.69) is 5.32 Å². The van der Waals surface area contributed by atoms with E-state index >= 15 is 0 Å². The van der Waals surface area contributed by atoms with Crippen LogP contribution in [0.3, 0.4) is 0 Å². The van der Waals surface area contributed by atoms with E-state index < -0.39 is 0 Å². The van der Waals surface area contributed by atoms with E-state index in [0.29, 0.717) is 5.76 Å². The third-order valence-corrected chi connectivity index (χ3v) is 2.36. The molecular weight excluding hydrogens is 180 g/mol. The fourth-order valence-corrected chi connectivity index (χ4v) is 1.58. The summed E-state index contributed by atoms with van der Waals surface area (Å²) < 4.78 is 5.50. The molecule has 0 atom stereocenters. The number of amides is 1. The lowest BCUT2D eigenvalue weighted by Gasteiger charge is -2.09. The third kappa shape index (κ3) is 1.53. The van der Waals surface area contributed by atoms with Crippen LogP contribution in [0.2, 0.25) is 0 Å². The van der Waals surface area contributed by atoms with Gasteiger partial charge in [-0.3, -0.25) is 4.79 Å². The fourth-order valence-electron chi connectivity index (χ4n) is 1.58. The summed E-state index contributed by atoms with van der Waals surface area (Å²) >= 11 is 0. The van der Waals surface area contributed by atoms with Gasteiger partial charge in [-0.2, -0.15) is 0 Å². The summed E-state index contributed by atoms with van der Waals surface area (Å²) in [4.78, 5) is 13.1. The Bertz CT molecular complexity index is 332. The van der Waals surface area contributed by atoms with Crippen LogP contribution in [0.1, 0.15) is 21.9 Å². The molecule has 76 valence electrons. The van der Waals surface area contributed by atoms with Crippen molar-refractivity contribution in [1.82, 2.24) is 10.2 Å². The summed E-state index contributed by atoms with van der Waals surface area (Å²) in [5, 5.41) is 3.24. The van der Waals surface area contributed by atoms with E-state index in [1.54, 1.807) is 14.1 Å². The SMILES string of the molecule is CN(C)C(=O)c1cc2c(o1)CCNC2. The molecule has 1 amide bonds. The topological polar surface area (TPSA) is 45.5 Å². The van der Waals surface area contributed by atoms with Gasteiger partial charge in [0.15, 0.2) is 5.76 Å². The molecule has 0 unspecified atom stereocenters. The predicted molar refractivity (Wildman–Crippen MR) is 52.1 cm³/mol. The Morgan fingerprint density at radius 1 is 1.57 bits per heavy atom. The van der Waals surface area contributed by atoms with Gasteiger partial charge in [0.25, 0.3) is 5.91 Å². The molecule has 0 radical (unpaired) electrons. The van der Waals surface area contributed by atoms with Gasteiger partial charge in [0.1, 0.15) is 5.76 Å². The smallest absolute Gasteiger partial charge is 0.289 e. The fraction of sp³-hybridized carbons (Fsp3) is 0.500. The molecule has 1 aromatic heterocycles. The highest BCUT2D eigenvalue weighted by molar-refractivity contribution is 5.91. The van der Waals surface area contributed by atoms with Gasteiger partial charge in [0, 0.05) is 39.2 Å². The van der Waals surface area contributed by atoms with Crippen molar-refractivity contribution in [2.24, 2.45) is 0 Å². The van der Waals surface area contributed by atoms with E-state index in [1.807, 2.05) is 6.07 Å². The Balaban J connectivity index is 2.28. The lowest BCUT2D eigenvalue weighted by Crippen LogP contribution is -2.22. The van der Waals surface area contributed by atoms with Crippen LogP contribution in [0, 0.1) is 0 Å². The molecule has 2 heterocycles. The van der Waals surface area contributed by atoms with Crippen molar-refractivity contribution < 1.29 is 9.21 Å². The maximum Gasteiger partial charge on any atom is 0.289 e. The van der Waals surface area contributed by atoms with Gasteiger partial charge in [0.2, 0.25) is 0 Å². The van der Waals surface area contributed by atoms with Crippen LogP contribution < -0.4 is 5.32 Å². The Morgan fingerprint density at radius 3 is 3.00 bits per heavy atom. The van der Waals surface area contributed by atoms with Crippen molar-refractivity contribution in [1.29, 1.82) is 0 Å². The normalized spacial score (nSPS) is 15.0. The number of nitrogens with one attached hydrogen (secondary N) is 1. The number of carbonyl (C=O) groups is 1. The van der Waals surface area contributed by atoms with E-state index in [1.165, 1.54) is 4.90 Å². The van der Waals surface area contributed by atoms with Gasteiger partial charge in [-0.25, -0.2) is 0 Å². The third-order valence-electron chi connectivity index (χ3n) is 2.36. The monoisotopic (exact) mass is 194 g/mol.